The van der Waals surface area contributed by atoms with E-state index in [0.717, 1.165) is 0 Å². The molecule has 0 saturated carbocycles. The summed E-state index contributed by atoms with van der Waals surface area (Å²) in [6.45, 7) is 0. The van der Waals surface area contributed by atoms with Gasteiger partial charge in [0.25, 0.3) is 0 Å². The summed E-state index contributed by atoms with van der Waals surface area (Å²) in [4.78, 5) is 35.2. The van der Waals surface area contributed by atoms with Crippen molar-refractivity contribution in [2.75, 3.05) is 0 Å². The Balaban J connectivity index is 2.21. The first-order chi connectivity index (χ1) is 9.63. The van der Waals surface area contributed by atoms with Crippen LogP contribution in [0.2, 0.25) is 0 Å². The van der Waals surface area contributed by atoms with Gasteiger partial charge in [-0.1, -0.05) is 35.9 Å². The normalized spacial score (nSPS) is 14.4. The number of aldehydes is 1. The molecule has 0 spiro atoms. The van der Waals surface area contributed by atoms with E-state index in [0.29, 0.717) is 6.29 Å². The lowest BCUT2D eigenvalue weighted by atomic mass is 9.88. The van der Waals surface area contributed by atoms with Crippen molar-refractivity contribution in [2.24, 2.45) is 0 Å². The van der Waals surface area contributed by atoms with Gasteiger partial charge in [0.15, 0.2) is 17.8 Å². The molecule has 1 aliphatic carbocycles. The van der Waals surface area contributed by atoms with Crippen molar-refractivity contribution in [3.05, 3.63) is 64.1 Å². The molecule has 0 unspecified atom stereocenters. The fourth-order valence-corrected chi connectivity index (χ4v) is 2.40. The number of Topliss-reactive ketones (excluding diaryl/α,β-unsaturated/α-hetero) is 2. The first-order valence-electron chi connectivity index (χ1n) is 5.77. The minimum absolute atomic E-state index is 0.0107. The lowest BCUT2D eigenvalue weighted by Gasteiger charge is -2.15. The lowest BCUT2D eigenvalue weighted by Crippen LogP contribution is -2.18. The summed E-state index contributed by atoms with van der Waals surface area (Å²) in [5.41, 5.74) is 0.540. The lowest BCUT2D eigenvalue weighted by molar-refractivity contribution is 0.0996. The maximum Gasteiger partial charge on any atom is 0.206 e. The number of hydrogen-bond acceptors (Lipinski definition) is 4. The third-order valence-electron chi connectivity index (χ3n) is 3.05. The zero-order chi connectivity index (χ0) is 14.3. The van der Waals surface area contributed by atoms with Crippen molar-refractivity contribution in [3.63, 3.8) is 0 Å². The van der Waals surface area contributed by atoms with Crippen molar-refractivity contribution in [1.29, 1.82) is 0 Å². The Labute approximate surface area is 118 Å². The van der Waals surface area contributed by atoms with Crippen LogP contribution in [0, 0.1) is 0 Å². The molecule has 98 valence electrons. The van der Waals surface area contributed by atoms with Crippen molar-refractivity contribution in [2.45, 2.75) is 0 Å². The number of carbonyl (C=O) groups excluding carboxylic acids is 3. The molecule has 3 rings (SSSR count). The minimum atomic E-state index is -0.430. The quantitative estimate of drug-likeness (QED) is 0.796. The number of allylic oxidation sites excluding steroid dienone is 2. The number of ketones is 2. The fraction of sp³-hybridized carbons (Fsp3) is 0. The highest BCUT2D eigenvalue weighted by Gasteiger charge is 2.33. The van der Waals surface area contributed by atoms with E-state index in [4.69, 9.17) is 16.0 Å². The monoisotopic (exact) mass is 286 g/mol. The Morgan fingerprint density at radius 2 is 1.60 bits per heavy atom. The van der Waals surface area contributed by atoms with Crippen LogP contribution in [0.25, 0.3) is 5.57 Å². The van der Waals surface area contributed by atoms with Crippen molar-refractivity contribution in [1.82, 2.24) is 0 Å². The molecule has 20 heavy (non-hydrogen) atoms. The van der Waals surface area contributed by atoms with E-state index < -0.39 is 11.6 Å². The van der Waals surface area contributed by atoms with Gasteiger partial charge in [0.2, 0.25) is 5.78 Å². The van der Waals surface area contributed by atoms with Gasteiger partial charge in [-0.15, -0.1) is 0 Å². The number of hydrogen-bond donors (Lipinski definition) is 0. The molecule has 0 N–H and O–H groups in total. The number of benzene rings is 1. The highest BCUT2D eigenvalue weighted by atomic mass is 35.5. The molecule has 0 aliphatic heterocycles. The zero-order valence-corrected chi connectivity index (χ0v) is 10.8. The molecule has 2 aromatic rings. The van der Waals surface area contributed by atoms with Gasteiger partial charge in [-0.2, -0.15) is 0 Å². The van der Waals surface area contributed by atoms with E-state index in [9.17, 15) is 14.4 Å². The van der Waals surface area contributed by atoms with Gasteiger partial charge in [0, 0.05) is 11.1 Å². The van der Waals surface area contributed by atoms with E-state index >= 15 is 0 Å². The Hall–Kier alpha value is -2.46. The molecular formula is C15H7ClO4. The molecule has 0 radical (unpaired) electrons. The van der Waals surface area contributed by atoms with Crippen LogP contribution in [0.15, 0.2) is 45.8 Å². The largest absolute Gasteiger partial charge is 0.453 e. The molecule has 0 amide bonds. The summed E-state index contributed by atoms with van der Waals surface area (Å²) in [6, 6.07) is 9.30. The van der Waals surface area contributed by atoms with Gasteiger partial charge in [-0.05, 0) is 12.1 Å². The van der Waals surface area contributed by atoms with E-state index in [-0.39, 0.29) is 33.3 Å². The minimum Gasteiger partial charge on any atom is -0.453 e. The molecule has 0 saturated heterocycles. The van der Waals surface area contributed by atoms with Crippen LogP contribution < -0.4 is 0 Å². The Morgan fingerprint density at radius 3 is 2.20 bits per heavy atom. The molecule has 1 aromatic heterocycles. The predicted molar refractivity (Wildman–Crippen MR) is 72.0 cm³/mol. The molecule has 1 aliphatic rings. The van der Waals surface area contributed by atoms with Crippen LogP contribution in [-0.2, 0) is 0 Å². The molecule has 5 heteroatoms. The third kappa shape index (κ3) is 1.73. The molecule has 0 atom stereocenters. The van der Waals surface area contributed by atoms with Gasteiger partial charge in [-0.25, -0.2) is 0 Å². The number of fused-ring (bicyclic) bond motifs is 1. The molecule has 1 heterocycles. The summed E-state index contributed by atoms with van der Waals surface area (Å²) in [5.74, 6) is -0.640. The molecule has 0 bridgehead atoms. The van der Waals surface area contributed by atoms with Crippen molar-refractivity contribution >= 4 is 35.0 Å². The highest BCUT2D eigenvalue weighted by Crippen LogP contribution is 2.34. The zero-order valence-electron chi connectivity index (χ0n) is 10.1. The Kier molecular flexibility index (Phi) is 2.88. The van der Waals surface area contributed by atoms with Crippen LogP contribution in [0.1, 0.15) is 37.0 Å². The Morgan fingerprint density at radius 1 is 0.950 bits per heavy atom. The van der Waals surface area contributed by atoms with Gasteiger partial charge < -0.3 is 4.42 Å². The first kappa shape index (κ1) is 12.6. The predicted octanol–water partition coefficient (Wildman–Crippen LogP) is 3.12. The van der Waals surface area contributed by atoms with Crippen molar-refractivity contribution < 1.29 is 18.8 Å². The van der Waals surface area contributed by atoms with Crippen LogP contribution in [0.4, 0.5) is 0 Å². The van der Waals surface area contributed by atoms with Gasteiger partial charge >= 0.3 is 0 Å². The molecular weight excluding hydrogens is 280 g/mol. The highest BCUT2D eigenvalue weighted by molar-refractivity contribution is 6.56. The standard InChI is InChI=1S/C15H7ClO4/c16-13-12(11-6-5-8(7-17)20-11)14(18)9-3-1-2-4-10(9)15(13)19/h1-7H. The summed E-state index contributed by atoms with van der Waals surface area (Å²) < 4.78 is 5.19. The fourth-order valence-electron chi connectivity index (χ4n) is 2.12. The number of halogens is 1. The number of furan rings is 1. The van der Waals surface area contributed by atoms with Crippen LogP contribution in [0.5, 0.6) is 0 Å². The van der Waals surface area contributed by atoms with Gasteiger partial charge in [0.05, 0.1) is 5.57 Å². The molecule has 4 nitrogen and oxygen atoms in total. The summed E-state index contributed by atoms with van der Waals surface area (Å²) in [5, 5.41) is -0.194. The van der Waals surface area contributed by atoms with E-state index in [1.807, 2.05) is 0 Å². The number of carbonyl (C=O) groups is 3. The average molecular weight is 287 g/mol. The van der Waals surface area contributed by atoms with Crippen LogP contribution >= 0.6 is 11.6 Å². The summed E-state index contributed by atoms with van der Waals surface area (Å²) >= 11 is 6.00. The maximum atomic E-state index is 12.4. The van der Waals surface area contributed by atoms with Gasteiger partial charge in [-0.3, -0.25) is 14.4 Å². The van der Waals surface area contributed by atoms with Crippen molar-refractivity contribution in [3.8, 4) is 0 Å². The van der Waals surface area contributed by atoms with Crippen LogP contribution in [-0.4, -0.2) is 17.9 Å². The Bertz CT molecular complexity index is 783. The smallest absolute Gasteiger partial charge is 0.206 e. The van der Waals surface area contributed by atoms with Crippen LogP contribution in [0.3, 0.4) is 0 Å². The second-order valence-corrected chi connectivity index (χ2v) is 4.59. The third-order valence-corrected chi connectivity index (χ3v) is 3.41. The maximum absolute atomic E-state index is 12.4. The molecule has 1 aromatic carbocycles. The van der Waals surface area contributed by atoms with E-state index in [1.54, 1.807) is 24.3 Å². The number of rotatable bonds is 2. The van der Waals surface area contributed by atoms with E-state index in [2.05, 4.69) is 0 Å². The second-order valence-electron chi connectivity index (χ2n) is 4.21. The molecule has 0 fully saturated rings. The SMILES string of the molecule is O=Cc1ccc(C2=C(Cl)C(=O)c3ccccc3C2=O)o1. The van der Waals surface area contributed by atoms with Gasteiger partial charge in [0.1, 0.15) is 10.8 Å². The summed E-state index contributed by atoms with van der Waals surface area (Å²) in [7, 11) is 0. The van der Waals surface area contributed by atoms with E-state index in [1.165, 1.54) is 12.1 Å². The summed E-state index contributed by atoms with van der Waals surface area (Å²) in [6.07, 6.45) is 0.515. The first-order valence-corrected chi connectivity index (χ1v) is 6.15. The second kappa shape index (κ2) is 4.58. The average Bonchev–Trinajstić information content (AvgIpc) is 2.94. The topological polar surface area (TPSA) is 64.3 Å².